The maximum atomic E-state index is 12.7. The van der Waals surface area contributed by atoms with Crippen LogP contribution >= 0.6 is 0 Å². The molecule has 5 heteroatoms. The molecule has 3 heterocycles. The molecule has 1 fully saturated rings. The lowest BCUT2D eigenvalue weighted by molar-refractivity contribution is -0.131. The van der Waals surface area contributed by atoms with E-state index >= 15 is 0 Å². The van der Waals surface area contributed by atoms with Crippen molar-refractivity contribution >= 4 is 16.9 Å². The van der Waals surface area contributed by atoms with Crippen LogP contribution in [-0.2, 0) is 11.2 Å². The van der Waals surface area contributed by atoms with E-state index in [1.165, 1.54) is 0 Å². The minimum atomic E-state index is 0.171. The van der Waals surface area contributed by atoms with Gasteiger partial charge in [-0.3, -0.25) is 4.79 Å². The monoisotopic (exact) mass is 335 g/mol. The molecule has 1 aliphatic rings. The minimum absolute atomic E-state index is 0.171. The van der Waals surface area contributed by atoms with Crippen molar-refractivity contribution in [3.8, 4) is 0 Å². The second-order valence-corrected chi connectivity index (χ2v) is 6.73. The standard InChI is InChI=1S/C20H21N3O2/c1-14-2-3-17-16(12-25-19(17)10-14)11-20(24)23-8-5-15(6-9-23)18-4-7-21-13-22-18/h2-4,7,10,12-13,15H,5-6,8-9,11H2,1H3. The second kappa shape index (κ2) is 6.67. The number of likely N-dealkylation sites (tertiary alicyclic amines) is 1. The number of benzene rings is 1. The number of amides is 1. The Bertz CT molecular complexity index is 880. The molecule has 3 aromatic rings. The van der Waals surface area contributed by atoms with Gasteiger partial charge in [0.15, 0.2) is 0 Å². The van der Waals surface area contributed by atoms with Gasteiger partial charge in [-0.25, -0.2) is 9.97 Å². The van der Waals surface area contributed by atoms with E-state index < -0.39 is 0 Å². The molecule has 0 unspecified atom stereocenters. The first-order chi connectivity index (χ1) is 12.2. The van der Waals surface area contributed by atoms with Crippen molar-refractivity contribution in [2.24, 2.45) is 0 Å². The van der Waals surface area contributed by atoms with Crippen LogP contribution in [0.4, 0.5) is 0 Å². The number of furan rings is 1. The van der Waals surface area contributed by atoms with Gasteiger partial charge in [-0.2, -0.15) is 0 Å². The first-order valence-corrected chi connectivity index (χ1v) is 8.71. The molecule has 0 spiro atoms. The summed E-state index contributed by atoms with van der Waals surface area (Å²) in [6.45, 7) is 3.60. The summed E-state index contributed by atoms with van der Waals surface area (Å²) in [6, 6.07) is 8.08. The van der Waals surface area contributed by atoms with Crippen LogP contribution in [0, 0.1) is 6.92 Å². The summed E-state index contributed by atoms with van der Waals surface area (Å²) in [5.74, 6) is 0.592. The second-order valence-electron chi connectivity index (χ2n) is 6.73. The highest BCUT2D eigenvalue weighted by Crippen LogP contribution is 2.27. The Kier molecular flexibility index (Phi) is 4.22. The average Bonchev–Trinajstić information content (AvgIpc) is 3.04. The van der Waals surface area contributed by atoms with Crippen molar-refractivity contribution in [2.45, 2.75) is 32.1 Å². The molecular weight excluding hydrogens is 314 g/mol. The summed E-state index contributed by atoms with van der Waals surface area (Å²) in [7, 11) is 0. The molecule has 2 aromatic heterocycles. The molecule has 128 valence electrons. The van der Waals surface area contributed by atoms with E-state index in [1.54, 1.807) is 18.8 Å². The predicted molar refractivity (Wildman–Crippen MR) is 95.2 cm³/mol. The number of carbonyl (C=O) groups is 1. The Labute approximate surface area is 146 Å². The topological polar surface area (TPSA) is 59.2 Å². The smallest absolute Gasteiger partial charge is 0.227 e. The zero-order valence-corrected chi connectivity index (χ0v) is 14.3. The molecule has 5 nitrogen and oxygen atoms in total. The average molecular weight is 335 g/mol. The highest BCUT2D eigenvalue weighted by atomic mass is 16.3. The Balaban J connectivity index is 1.40. The van der Waals surface area contributed by atoms with Crippen LogP contribution in [0.25, 0.3) is 11.0 Å². The molecule has 0 radical (unpaired) electrons. The largest absolute Gasteiger partial charge is 0.464 e. The third-order valence-electron chi connectivity index (χ3n) is 5.02. The van der Waals surface area contributed by atoms with Crippen molar-refractivity contribution in [1.82, 2.24) is 14.9 Å². The zero-order chi connectivity index (χ0) is 17.2. The molecular formula is C20H21N3O2. The minimum Gasteiger partial charge on any atom is -0.464 e. The lowest BCUT2D eigenvalue weighted by Gasteiger charge is -2.31. The fourth-order valence-electron chi connectivity index (χ4n) is 3.57. The summed E-state index contributed by atoms with van der Waals surface area (Å²) >= 11 is 0. The van der Waals surface area contributed by atoms with Crippen LogP contribution in [-0.4, -0.2) is 33.9 Å². The first kappa shape index (κ1) is 15.8. The summed E-state index contributed by atoms with van der Waals surface area (Å²) in [5, 5.41) is 1.04. The first-order valence-electron chi connectivity index (χ1n) is 8.71. The Morgan fingerprint density at radius 1 is 1.28 bits per heavy atom. The van der Waals surface area contributed by atoms with E-state index in [0.29, 0.717) is 12.3 Å². The number of hydrogen-bond acceptors (Lipinski definition) is 4. The third kappa shape index (κ3) is 3.27. The number of aryl methyl sites for hydroxylation is 1. The maximum Gasteiger partial charge on any atom is 0.227 e. The molecule has 0 N–H and O–H groups in total. The SMILES string of the molecule is Cc1ccc2c(CC(=O)N3CCC(c4ccncn4)CC3)coc2c1. The van der Waals surface area contributed by atoms with Crippen molar-refractivity contribution in [1.29, 1.82) is 0 Å². The number of nitrogens with zero attached hydrogens (tertiary/aromatic N) is 3. The van der Waals surface area contributed by atoms with Gasteiger partial charge in [-0.1, -0.05) is 12.1 Å². The highest BCUT2D eigenvalue weighted by Gasteiger charge is 2.25. The molecule has 1 aromatic carbocycles. The van der Waals surface area contributed by atoms with Crippen LogP contribution < -0.4 is 0 Å². The maximum absolute atomic E-state index is 12.7. The van der Waals surface area contributed by atoms with Gasteiger partial charge >= 0.3 is 0 Å². The highest BCUT2D eigenvalue weighted by molar-refractivity contribution is 5.88. The van der Waals surface area contributed by atoms with Gasteiger partial charge < -0.3 is 9.32 Å². The molecule has 1 saturated heterocycles. The number of piperidine rings is 1. The van der Waals surface area contributed by atoms with E-state index in [1.807, 2.05) is 30.0 Å². The molecule has 0 aliphatic carbocycles. The van der Waals surface area contributed by atoms with Crippen LogP contribution in [0.15, 0.2) is 47.5 Å². The van der Waals surface area contributed by atoms with Gasteiger partial charge in [0.2, 0.25) is 5.91 Å². The fourth-order valence-corrected chi connectivity index (χ4v) is 3.57. The number of aromatic nitrogens is 2. The summed E-state index contributed by atoms with van der Waals surface area (Å²) in [5.41, 5.74) is 4.06. The van der Waals surface area contributed by atoms with Crippen molar-refractivity contribution in [3.63, 3.8) is 0 Å². The number of fused-ring (bicyclic) bond motifs is 1. The molecule has 0 saturated carbocycles. The molecule has 1 amide bonds. The van der Waals surface area contributed by atoms with Crippen LogP contribution in [0.5, 0.6) is 0 Å². The van der Waals surface area contributed by atoms with Gasteiger partial charge in [0.1, 0.15) is 11.9 Å². The molecule has 4 rings (SSSR count). The lowest BCUT2D eigenvalue weighted by Crippen LogP contribution is -2.38. The zero-order valence-electron chi connectivity index (χ0n) is 14.3. The van der Waals surface area contributed by atoms with Crippen molar-refractivity contribution in [2.75, 3.05) is 13.1 Å². The molecule has 0 atom stereocenters. The Morgan fingerprint density at radius 2 is 2.12 bits per heavy atom. The van der Waals surface area contributed by atoms with Gasteiger partial charge in [-0.15, -0.1) is 0 Å². The quantitative estimate of drug-likeness (QED) is 0.735. The summed E-state index contributed by atoms with van der Waals surface area (Å²) in [6.07, 6.45) is 7.40. The van der Waals surface area contributed by atoms with Crippen molar-refractivity contribution in [3.05, 3.63) is 59.9 Å². The van der Waals surface area contributed by atoms with Crippen molar-refractivity contribution < 1.29 is 9.21 Å². The summed E-state index contributed by atoms with van der Waals surface area (Å²) < 4.78 is 5.61. The third-order valence-corrected chi connectivity index (χ3v) is 5.02. The van der Waals surface area contributed by atoms with Gasteiger partial charge in [-0.05, 0) is 37.5 Å². The molecule has 0 bridgehead atoms. The van der Waals surface area contributed by atoms with E-state index in [-0.39, 0.29) is 5.91 Å². The van der Waals surface area contributed by atoms with Crippen LogP contribution in [0.1, 0.15) is 35.6 Å². The van der Waals surface area contributed by atoms with E-state index in [9.17, 15) is 4.79 Å². The fraction of sp³-hybridized carbons (Fsp3) is 0.350. The number of rotatable bonds is 3. The molecule has 25 heavy (non-hydrogen) atoms. The molecule has 1 aliphatic heterocycles. The predicted octanol–water partition coefficient (Wildman–Crippen LogP) is 3.48. The van der Waals surface area contributed by atoms with Gasteiger partial charge in [0.05, 0.1) is 12.7 Å². The normalized spacial score (nSPS) is 15.6. The van der Waals surface area contributed by atoms with Gasteiger partial charge in [0, 0.05) is 41.8 Å². The van der Waals surface area contributed by atoms with Crippen LogP contribution in [0.2, 0.25) is 0 Å². The number of hydrogen-bond donors (Lipinski definition) is 0. The Morgan fingerprint density at radius 3 is 2.88 bits per heavy atom. The van der Waals surface area contributed by atoms with Gasteiger partial charge in [0.25, 0.3) is 0 Å². The summed E-state index contributed by atoms with van der Waals surface area (Å²) in [4.78, 5) is 23.0. The van der Waals surface area contributed by atoms with E-state index in [4.69, 9.17) is 4.42 Å². The lowest BCUT2D eigenvalue weighted by atomic mass is 9.93. The van der Waals surface area contributed by atoms with E-state index in [2.05, 4.69) is 16.0 Å². The number of carbonyl (C=O) groups excluding carboxylic acids is 1. The Hall–Kier alpha value is -2.69. The van der Waals surface area contributed by atoms with Crippen LogP contribution in [0.3, 0.4) is 0 Å². The van der Waals surface area contributed by atoms with E-state index in [0.717, 1.165) is 53.7 Å².